The van der Waals surface area contributed by atoms with Gasteiger partial charge in [0.1, 0.15) is 17.2 Å². The van der Waals surface area contributed by atoms with Crippen LogP contribution < -0.4 is 20.7 Å². The second-order valence-electron chi connectivity index (χ2n) is 4.20. The van der Waals surface area contributed by atoms with E-state index in [1.807, 2.05) is 36.6 Å². The third-order valence-corrected chi connectivity index (χ3v) is 2.68. The zero-order valence-electron chi connectivity index (χ0n) is 11.1. The van der Waals surface area contributed by atoms with Crippen LogP contribution in [-0.2, 0) is 4.79 Å². The van der Waals surface area contributed by atoms with Crippen LogP contribution in [0.2, 0.25) is 0 Å². The van der Waals surface area contributed by atoms with Crippen molar-refractivity contribution >= 4 is 5.91 Å². The van der Waals surface area contributed by atoms with Crippen molar-refractivity contribution in [3.63, 3.8) is 0 Å². The molecule has 0 fully saturated rings. The van der Waals surface area contributed by atoms with Gasteiger partial charge < -0.3 is 9.47 Å². The van der Waals surface area contributed by atoms with Crippen LogP contribution in [0.4, 0.5) is 0 Å². The molecule has 0 spiro atoms. The molecule has 0 aromatic heterocycles. The minimum atomic E-state index is -0.384. The average Bonchev–Trinajstić information content (AvgIpc) is 2.48. The molecule has 5 heteroatoms. The molecule has 20 heavy (non-hydrogen) atoms. The quantitative estimate of drug-likeness (QED) is 0.497. The molecule has 2 rings (SSSR count). The number of hydrogen-bond acceptors (Lipinski definition) is 4. The summed E-state index contributed by atoms with van der Waals surface area (Å²) in [5.74, 6) is 6.66. The number of carbonyl (C=O) groups is 1. The van der Waals surface area contributed by atoms with Gasteiger partial charge in [0.15, 0.2) is 6.61 Å². The Balaban J connectivity index is 1.98. The predicted octanol–water partition coefficient (Wildman–Crippen LogP) is 2.16. The summed E-state index contributed by atoms with van der Waals surface area (Å²) in [5, 5.41) is 0. The van der Waals surface area contributed by atoms with E-state index in [4.69, 9.17) is 15.3 Å². The van der Waals surface area contributed by atoms with Gasteiger partial charge in [-0.1, -0.05) is 18.2 Å². The molecule has 0 bridgehead atoms. The second-order valence-corrected chi connectivity index (χ2v) is 4.20. The number of ether oxygens (including phenoxy) is 2. The maximum absolute atomic E-state index is 10.9. The topological polar surface area (TPSA) is 73.6 Å². The Morgan fingerprint density at radius 1 is 1.10 bits per heavy atom. The van der Waals surface area contributed by atoms with Crippen molar-refractivity contribution in [3.8, 4) is 17.2 Å². The molecular formula is C15H16N2O3. The first-order chi connectivity index (χ1) is 9.69. The van der Waals surface area contributed by atoms with E-state index in [-0.39, 0.29) is 12.5 Å². The van der Waals surface area contributed by atoms with Crippen LogP contribution >= 0.6 is 0 Å². The van der Waals surface area contributed by atoms with Gasteiger partial charge in [-0.3, -0.25) is 10.2 Å². The molecule has 0 unspecified atom stereocenters. The predicted molar refractivity (Wildman–Crippen MR) is 75.5 cm³/mol. The van der Waals surface area contributed by atoms with Gasteiger partial charge in [0, 0.05) is 0 Å². The van der Waals surface area contributed by atoms with E-state index in [0.29, 0.717) is 11.5 Å². The molecule has 3 N–H and O–H groups in total. The van der Waals surface area contributed by atoms with Crippen molar-refractivity contribution in [1.29, 1.82) is 0 Å². The van der Waals surface area contributed by atoms with Gasteiger partial charge in [0.05, 0.1) is 0 Å². The number of aryl methyl sites for hydroxylation is 1. The lowest BCUT2D eigenvalue weighted by atomic mass is 10.2. The number of benzene rings is 2. The van der Waals surface area contributed by atoms with Crippen LogP contribution in [0.15, 0.2) is 48.5 Å². The summed E-state index contributed by atoms with van der Waals surface area (Å²) in [7, 11) is 0. The van der Waals surface area contributed by atoms with Crippen LogP contribution in [0.5, 0.6) is 17.2 Å². The Kier molecular flexibility index (Phi) is 4.57. The molecule has 0 heterocycles. The molecule has 0 aliphatic heterocycles. The summed E-state index contributed by atoms with van der Waals surface area (Å²) in [4.78, 5) is 10.9. The van der Waals surface area contributed by atoms with Crippen molar-refractivity contribution in [2.75, 3.05) is 6.61 Å². The highest BCUT2D eigenvalue weighted by Crippen LogP contribution is 2.26. The second kappa shape index (κ2) is 6.58. The lowest BCUT2D eigenvalue weighted by Gasteiger charge is -2.09. The molecule has 104 valence electrons. The van der Waals surface area contributed by atoms with Gasteiger partial charge in [-0.15, -0.1) is 0 Å². The van der Waals surface area contributed by atoms with E-state index in [0.717, 1.165) is 11.3 Å². The summed E-state index contributed by atoms with van der Waals surface area (Å²) in [6.07, 6.45) is 0. The molecular weight excluding hydrogens is 256 g/mol. The molecule has 0 saturated carbocycles. The fraction of sp³-hybridized carbons (Fsp3) is 0.133. The van der Waals surface area contributed by atoms with Crippen LogP contribution in [0.3, 0.4) is 0 Å². The van der Waals surface area contributed by atoms with E-state index >= 15 is 0 Å². The summed E-state index contributed by atoms with van der Waals surface area (Å²) in [6, 6.07) is 14.8. The zero-order chi connectivity index (χ0) is 14.4. The SMILES string of the molecule is Cc1ccccc1Oc1ccc(OCC(=O)NN)cc1. The maximum Gasteiger partial charge on any atom is 0.271 e. The Labute approximate surface area is 117 Å². The summed E-state index contributed by atoms with van der Waals surface area (Å²) in [5.41, 5.74) is 3.06. The molecule has 0 radical (unpaired) electrons. The molecule has 0 saturated heterocycles. The number of hydrazine groups is 1. The Hall–Kier alpha value is -2.53. The fourth-order valence-electron chi connectivity index (χ4n) is 1.59. The number of carbonyl (C=O) groups excluding carboxylic acids is 1. The van der Waals surface area contributed by atoms with Gasteiger partial charge in [-0.2, -0.15) is 0 Å². The Bertz CT molecular complexity index is 582. The van der Waals surface area contributed by atoms with E-state index in [2.05, 4.69) is 0 Å². The zero-order valence-corrected chi connectivity index (χ0v) is 11.1. The first kappa shape index (κ1) is 13.9. The molecule has 5 nitrogen and oxygen atoms in total. The minimum Gasteiger partial charge on any atom is -0.484 e. The number of rotatable bonds is 5. The Morgan fingerprint density at radius 3 is 2.40 bits per heavy atom. The van der Waals surface area contributed by atoms with Crippen molar-refractivity contribution in [2.24, 2.45) is 5.84 Å². The summed E-state index contributed by atoms with van der Waals surface area (Å²) in [6.45, 7) is 1.87. The van der Waals surface area contributed by atoms with Gasteiger partial charge in [0.25, 0.3) is 5.91 Å². The third kappa shape index (κ3) is 3.73. The fourth-order valence-corrected chi connectivity index (χ4v) is 1.59. The van der Waals surface area contributed by atoms with Crippen molar-refractivity contribution < 1.29 is 14.3 Å². The molecule has 1 amide bonds. The lowest BCUT2D eigenvalue weighted by molar-refractivity contribution is -0.123. The van der Waals surface area contributed by atoms with E-state index in [1.165, 1.54) is 0 Å². The Morgan fingerprint density at radius 2 is 1.75 bits per heavy atom. The molecule has 0 aliphatic rings. The highest BCUT2D eigenvalue weighted by molar-refractivity contribution is 5.76. The average molecular weight is 272 g/mol. The number of para-hydroxylation sites is 1. The molecule has 0 atom stereocenters. The molecule has 0 aliphatic carbocycles. The standard InChI is InChI=1S/C15H16N2O3/c1-11-4-2-3-5-14(11)20-13-8-6-12(7-9-13)19-10-15(18)17-16/h2-9H,10,16H2,1H3,(H,17,18). The summed E-state index contributed by atoms with van der Waals surface area (Å²) < 4.78 is 11.0. The van der Waals surface area contributed by atoms with E-state index in [9.17, 15) is 4.79 Å². The summed E-state index contributed by atoms with van der Waals surface area (Å²) >= 11 is 0. The van der Waals surface area contributed by atoms with E-state index in [1.54, 1.807) is 24.3 Å². The number of nitrogens with one attached hydrogen (secondary N) is 1. The van der Waals surface area contributed by atoms with Crippen molar-refractivity contribution in [1.82, 2.24) is 5.43 Å². The number of hydrogen-bond donors (Lipinski definition) is 2. The lowest BCUT2D eigenvalue weighted by Crippen LogP contribution is -2.34. The molecule has 2 aromatic rings. The first-order valence-electron chi connectivity index (χ1n) is 6.15. The smallest absolute Gasteiger partial charge is 0.271 e. The van der Waals surface area contributed by atoms with Crippen LogP contribution in [0.1, 0.15) is 5.56 Å². The first-order valence-corrected chi connectivity index (χ1v) is 6.15. The van der Waals surface area contributed by atoms with Crippen LogP contribution in [0, 0.1) is 6.92 Å². The van der Waals surface area contributed by atoms with Gasteiger partial charge in [-0.25, -0.2) is 5.84 Å². The van der Waals surface area contributed by atoms with Crippen LogP contribution in [-0.4, -0.2) is 12.5 Å². The van der Waals surface area contributed by atoms with Gasteiger partial charge in [0.2, 0.25) is 0 Å². The highest BCUT2D eigenvalue weighted by atomic mass is 16.5. The highest BCUT2D eigenvalue weighted by Gasteiger charge is 2.02. The van der Waals surface area contributed by atoms with Crippen molar-refractivity contribution in [3.05, 3.63) is 54.1 Å². The number of amides is 1. The molecule has 2 aromatic carbocycles. The largest absolute Gasteiger partial charge is 0.484 e. The third-order valence-electron chi connectivity index (χ3n) is 2.68. The number of nitrogens with two attached hydrogens (primary N) is 1. The van der Waals surface area contributed by atoms with Gasteiger partial charge >= 0.3 is 0 Å². The monoisotopic (exact) mass is 272 g/mol. The van der Waals surface area contributed by atoms with E-state index < -0.39 is 0 Å². The normalized spacial score (nSPS) is 9.90. The minimum absolute atomic E-state index is 0.117. The van der Waals surface area contributed by atoms with Crippen molar-refractivity contribution in [2.45, 2.75) is 6.92 Å². The van der Waals surface area contributed by atoms with Crippen LogP contribution in [0.25, 0.3) is 0 Å². The van der Waals surface area contributed by atoms with Gasteiger partial charge in [-0.05, 0) is 42.8 Å². The maximum atomic E-state index is 10.9.